The highest BCUT2D eigenvalue weighted by Gasteiger charge is 2.29. The third-order valence-electron chi connectivity index (χ3n) is 3.93. The Labute approximate surface area is 148 Å². The van der Waals surface area contributed by atoms with Gasteiger partial charge in [0, 0.05) is 30.8 Å². The molecule has 1 aliphatic rings. The molecule has 0 unspecified atom stereocenters. The fraction of sp³-hybridized carbons (Fsp3) is 0.421. The molecule has 1 aromatic heterocycles. The van der Waals surface area contributed by atoms with Crippen LogP contribution < -0.4 is 5.32 Å². The minimum Gasteiger partial charge on any atom is -0.444 e. The number of hydrogen-bond acceptors (Lipinski definition) is 5. The number of aromatic nitrogens is 2. The highest BCUT2D eigenvalue weighted by molar-refractivity contribution is 5.69. The number of anilines is 1. The Bertz CT molecular complexity index is 728. The van der Waals surface area contributed by atoms with Crippen LogP contribution >= 0.6 is 0 Å². The summed E-state index contributed by atoms with van der Waals surface area (Å²) in [6.45, 7) is 6.93. The summed E-state index contributed by atoms with van der Waals surface area (Å²) >= 11 is 0. The first kappa shape index (κ1) is 17.2. The fourth-order valence-electron chi connectivity index (χ4n) is 2.78. The monoisotopic (exact) mass is 340 g/mol. The van der Waals surface area contributed by atoms with Crippen LogP contribution in [-0.2, 0) is 4.74 Å². The van der Waals surface area contributed by atoms with Gasteiger partial charge >= 0.3 is 6.09 Å². The topological polar surface area (TPSA) is 67.3 Å². The molecule has 1 aliphatic heterocycles. The van der Waals surface area contributed by atoms with Crippen molar-refractivity contribution in [1.29, 1.82) is 0 Å². The average molecular weight is 340 g/mol. The molecule has 6 heteroatoms. The second-order valence-electron chi connectivity index (χ2n) is 7.21. The van der Waals surface area contributed by atoms with Gasteiger partial charge in [-0.2, -0.15) is 0 Å². The number of ether oxygens (including phenoxy) is 1. The second kappa shape index (κ2) is 7.09. The Balaban J connectivity index is 1.61. The minimum absolute atomic E-state index is 0.158. The van der Waals surface area contributed by atoms with Gasteiger partial charge in [-0.25, -0.2) is 14.8 Å². The van der Waals surface area contributed by atoms with Gasteiger partial charge in [-0.1, -0.05) is 30.3 Å². The van der Waals surface area contributed by atoms with E-state index in [1.54, 1.807) is 11.2 Å². The molecule has 1 atom stereocenters. The van der Waals surface area contributed by atoms with Crippen LogP contribution in [0.3, 0.4) is 0 Å². The molecule has 1 aromatic carbocycles. The minimum atomic E-state index is -0.472. The highest BCUT2D eigenvalue weighted by atomic mass is 16.6. The van der Waals surface area contributed by atoms with E-state index >= 15 is 0 Å². The van der Waals surface area contributed by atoms with E-state index in [-0.39, 0.29) is 12.1 Å². The summed E-state index contributed by atoms with van der Waals surface area (Å²) < 4.78 is 5.43. The van der Waals surface area contributed by atoms with E-state index in [4.69, 9.17) is 4.74 Å². The van der Waals surface area contributed by atoms with E-state index in [1.165, 1.54) is 0 Å². The van der Waals surface area contributed by atoms with Crippen LogP contribution in [0.1, 0.15) is 27.2 Å². The van der Waals surface area contributed by atoms with Crippen molar-refractivity contribution in [3.63, 3.8) is 0 Å². The van der Waals surface area contributed by atoms with Crippen molar-refractivity contribution in [3.05, 3.63) is 42.7 Å². The van der Waals surface area contributed by atoms with Crippen molar-refractivity contribution < 1.29 is 9.53 Å². The Hall–Kier alpha value is -2.63. The predicted molar refractivity (Wildman–Crippen MR) is 97.3 cm³/mol. The molecule has 25 heavy (non-hydrogen) atoms. The van der Waals surface area contributed by atoms with Crippen molar-refractivity contribution in [2.24, 2.45) is 0 Å². The van der Waals surface area contributed by atoms with E-state index in [1.807, 2.05) is 57.2 Å². The van der Waals surface area contributed by atoms with Crippen LogP contribution in [0, 0.1) is 0 Å². The summed E-state index contributed by atoms with van der Waals surface area (Å²) in [5, 5.41) is 3.40. The first-order valence-corrected chi connectivity index (χ1v) is 8.53. The zero-order valence-corrected chi connectivity index (χ0v) is 14.9. The van der Waals surface area contributed by atoms with E-state index in [0.717, 1.165) is 23.5 Å². The van der Waals surface area contributed by atoms with Gasteiger partial charge in [0.05, 0.1) is 5.69 Å². The third-order valence-corrected chi connectivity index (χ3v) is 3.93. The van der Waals surface area contributed by atoms with Crippen LogP contribution in [0.2, 0.25) is 0 Å². The SMILES string of the molecule is CC(C)(C)OC(=O)N1CC[C@H](Nc2cc(-c3ccccc3)ncn2)C1. The van der Waals surface area contributed by atoms with Gasteiger partial charge in [0.25, 0.3) is 0 Å². The predicted octanol–water partition coefficient (Wildman–Crippen LogP) is 3.56. The van der Waals surface area contributed by atoms with Crippen LogP contribution in [0.4, 0.5) is 10.6 Å². The Morgan fingerprint density at radius 2 is 2.00 bits per heavy atom. The molecule has 1 fully saturated rings. The van der Waals surface area contributed by atoms with Crippen LogP contribution in [-0.4, -0.2) is 45.7 Å². The lowest BCUT2D eigenvalue weighted by molar-refractivity contribution is 0.0293. The van der Waals surface area contributed by atoms with Gasteiger partial charge in [-0.15, -0.1) is 0 Å². The molecule has 0 radical (unpaired) electrons. The second-order valence-corrected chi connectivity index (χ2v) is 7.21. The fourth-order valence-corrected chi connectivity index (χ4v) is 2.78. The zero-order valence-electron chi connectivity index (χ0n) is 14.9. The quantitative estimate of drug-likeness (QED) is 0.925. The molecule has 0 spiro atoms. The molecular formula is C19H24N4O2. The lowest BCUT2D eigenvalue weighted by atomic mass is 10.1. The molecule has 6 nitrogen and oxygen atoms in total. The molecule has 0 bridgehead atoms. The molecule has 2 aromatic rings. The van der Waals surface area contributed by atoms with E-state index in [0.29, 0.717) is 13.1 Å². The normalized spacial score (nSPS) is 17.4. The maximum absolute atomic E-state index is 12.1. The maximum Gasteiger partial charge on any atom is 0.410 e. The maximum atomic E-state index is 12.1. The van der Waals surface area contributed by atoms with Gasteiger partial charge in [-0.3, -0.25) is 0 Å². The number of carbonyl (C=O) groups is 1. The smallest absolute Gasteiger partial charge is 0.410 e. The van der Waals surface area contributed by atoms with Gasteiger partial charge in [-0.05, 0) is 27.2 Å². The standard InChI is InChI=1S/C19H24N4O2/c1-19(2,3)25-18(24)23-10-9-15(12-23)22-17-11-16(20-13-21-17)14-7-5-4-6-8-14/h4-8,11,13,15H,9-10,12H2,1-3H3,(H,20,21,22)/t15-/m0/s1. The third kappa shape index (κ3) is 4.68. The number of likely N-dealkylation sites (tertiary alicyclic amines) is 1. The summed E-state index contributed by atoms with van der Waals surface area (Å²) in [6, 6.07) is 12.1. The van der Waals surface area contributed by atoms with Gasteiger partial charge in [0.15, 0.2) is 0 Å². The van der Waals surface area contributed by atoms with Crippen LogP contribution in [0.25, 0.3) is 11.3 Å². The molecule has 1 saturated heterocycles. The Kier molecular flexibility index (Phi) is 4.88. The molecular weight excluding hydrogens is 316 g/mol. The van der Waals surface area contributed by atoms with E-state index < -0.39 is 5.60 Å². The van der Waals surface area contributed by atoms with Crippen molar-refractivity contribution >= 4 is 11.9 Å². The number of rotatable bonds is 3. The first-order valence-electron chi connectivity index (χ1n) is 8.53. The van der Waals surface area contributed by atoms with Crippen molar-refractivity contribution in [2.75, 3.05) is 18.4 Å². The number of nitrogens with zero attached hydrogens (tertiary/aromatic N) is 3. The molecule has 3 rings (SSSR count). The van der Waals surface area contributed by atoms with Gasteiger partial charge in [0.1, 0.15) is 17.7 Å². The van der Waals surface area contributed by atoms with Crippen LogP contribution in [0.15, 0.2) is 42.7 Å². The molecule has 0 saturated carbocycles. The van der Waals surface area contributed by atoms with Crippen molar-refractivity contribution in [1.82, 2.24) is 14.9 Å². The first-order chi connectivity index (χ1) is 11.9. The number of benzene rings is 1. The molecule has 2 heterocycles. The molecule has 1 amide bonds. The van der Waals surface area contributed by atoms with Crippen LogP contribution in [0.5, 0.6) is 0 Å². The number of hydrogen-bond donors (Lipinski definition) is 1. The van der Waals surface area contributed by atoms with E-state index in [2.05, 4.69) is 15.3 Å². The highest BCUT2D eigenvalue weighted by Crippen LogP contribution is 2.21. The Morgan fingerprint density at radius 1 is 1.24 bits per heavy atom. The number of carbonyl (C=O) groups excluding carboxylic acids is 1. The van der Waals surface area contributed by atoms with Crippen molar-refractivity contribution in [2.45, 2.75) is 38.8 Å². The molecule has 0 aliphatic carbocycles. The number of amides is 1. The zero-order chi connectivity index (χ0) is 17.9. The summed E-state index contributed by atoms with van der Waals surface area (Å²) in [5.41, 5.74) is 1.45. The number of nitrogens with one attached hydrogen (secondary N) is 1. The lowest BCUT2D eigenvalue weighted by Gasteiger charge is -2.24. The largest absolute Gasteiger partial charge is 0.444 e. The summed E-state index contributed by atoms with van der Waals surface area (Å²) in [7, 11) is 0. The van der Waals surface area contributed by atoms with Crippen molar-refractivity contribution in [3.8, 4) is 11.3 Å². The van der Waals surface area contributed by atoms with E-state index in [9.17, 15) is 4.79 Å². The summed E-state index contributed by atoms with van der Waals surface area (Å²) in [6.07, 6.45) is 2.17. The molecule has 1 N–H and O–H groups in total. The van der Waals surface area contributed by atoms with Gasteiger partial charge in [0.2, 0.25) is 0 Å². The lowest BCUT2D eigenvalue weighted by Crippen LogP contribution is -2.36. The average Bonchev–Trinajstić information content (AvgIpc) is 3.03. The summed E-state index contributed by atoms with van der Waals surface area (Å²) in [5.74, 6) is 0.768. The van der Waals surface area contributed by atoms with Gasteiger partial charge < -0.3 is 15.0 Å². The Morgan fingerprint density at radius 3 is 2.72 bits per heavy atom. The molecule has 132 valence electrons. The summed E-state index contributed by atoms with van der Waals surface area (Å²) in [4.78, 5) is 22.5.